The Morgan fingerprint density at radius 3 is 1.45 bits per heavy atom. The number of hydrogen-bond acceptors (Lipinski definition) is 12. The van der Waals surface area contributed by atoms with Crippen LogP contribution in [0.1, 0.15) is 25.0 Å². The van der Waals surface area contributed by atoms with Gasteiger partial charge in [0.2, 0.25) is 0 Å². The number of nitro groups is 2. The van der Waals surface area contributed by atoms with E-state index in [0.29, 0.717) is 13.1 Å². The van der Waals surface area contributed by atoms with Gasteiger partial charge in [0, 0.05) is 48.5 Å². The third-order valence-electron chi connectivity index (χ3n) is 3.77. The third-order valence-corrected chi connectivity index (χ3v) is 4.22. The first-order valence-electron chi connectivity index (χ1n) is 10.0. The molecule has 0 saturated carbocycles. The van der Waals surface area contributed by atoms with Gasteiger partial charge >= 0.3 is 34.1 Å². The molecule has 0 saturated heterocycles. The van der Waals surface area contributed by atoms with Crippen LogP contribution in [-0.2, 0) is 59.4 Å². The first kappa shape index (κ1) is 36.8. The van der Waals surface area contributed by atoms with Gasteiger partial charge in [-0.3, -0.25) is 41.1 Å². The van der Waals surface area contributed by atoms with E-state index in [1.54, 1.807) is 0 Å². The van der Waals surface area contributed by atoms with Crippen molar-refractivity contribution in [2.75, 3.05) is 13.1 Å². The molecule has 0 radical (unpaired) electrons. The molecule has 0 amide bonds. The van der Waals surface area contributed by atoms with Crippen molar-refractivity contribution in [1.29, 1.82) is 0 Å². The Labute approximate surface area is 249 Å². The topological polar surface area (TPSA) is 200 Å². The zero-order chi connectivity index (χ0) is 27.1. The summed E-state index contributed by atoms with van der Waals surface area (Å²) in [5.41, 5.74) is 5.10. The average molecular weight is 662 g/mol. The Balaban J connectivity index is 0. The first-order chi connectivity index (χ1) is 17.1. The van der Waals surface area contributed by atoms with Gasteiger partial charge in [-0.1, -0.05) is 0 Å². The molecule has 2 aromatic carbocycles. The Morgan fingerprint density at radius 1 is 0.816 bits per heavy atom. The number of hydrazone groups is 2. The number of nitrogens with zero attached hydrogens (tertiary/aromatic N) is 6. The molecule has 14 nitrogen and oxygen atoms in total. The van der Waals surface area contributed by atoms with Gasteiger partial charge in [0.25, 0.3) is 11.4 Å². The van der Waals surface area contributed by atoms with Crippen molar-refractivity contribution in [3.8, 4) is 11.5 Å². The van der Waals surface area contributed by atoms with Gasteiger partial charge in [0.05, 0.1) is 22.3 Å². The minimum absolute atomic E-state index is 0. The van der Waals surface area contributed by atoms with Crippen LogP contribution in [0.4, 0.5) is 11.4 Å². The fourth-order valence-corrected chi connectivity index (χ4v) is 2.55. The molecular weight excluding hydrogens is 639 g/mol. The van der Waals surface area contributed by atoms with E-state index in [0.717, 1.165) is 0 Å². The van der Waals surface area contributed by atoms with Gasteiger partial charge in [-0.05, 0) is 36.3 Å². The summed E-state index contributed by atoms with van der Waals surface area (Å²) in [6.07, 6.45) is 2.47. The Kier molecular flexibility index (Phi) is 19.0. The second kappa shape index (κ2) is 19.7. The van der Waals surface area contributed by atoms with Gasteiger partial charge in [0.15, 0.2) is 0 Å². The van der Waals surface area contributed by atoms with Crippen molar-refractivity contribution in [3.05, 3.63) is 67.8 Å². The molecule has 0 atom stereocenters. The van der Waals surface area contributed by atoms with Gasteiger partial charge < -0.3 is 35.5 Å². The van der Waals surface area contributed by atoms with Gasteiger partial charge in [-0.15, -0.1) is 0 Å². The molecule has 0 aliphatic carbocycles. The summed E-state index contributed by atoms with van der Waals surface area (Å²) in [5.74, 6) is -0.214. The minimum atomic E-state index is -0.554. The standard InChI is InChI=1S/2C10H12N4O3S.2Cu/c2*1-2-11-10(18)13-12-6-7-5-8(14(16)17)3-4-9(7)15;;/h2*3-6,15H,2H2,1H3,(H2,11,13,18);;/q;;2*+1/p-2/b2*12-6+;;. The molecule has 2 rings (SSSR count). The predicted octanol–water partition coefficient (Wildman–Crippen LogP) is 2.29. The fraction of sp³-hybridized carbons (Fsp3) is 0.200. The summed E-state index contributed by atoms with van der Waals surface area (Å²) in [7, 11) is 0. The summed E-state index contributed by atoms with van der Waals surface area (Å²) >= 11 is 9.61. The van der Waals surface area contributed by atoms with Crippen LogP contribution in [0.15, 0.2) is 56.6 Å². The van der Waals surface area contributed by atoms with E-state index in [4.69, 9.17) is 25.3 Å². The van der Waals surface area contributed by atoms with E-state index in [9.17, 15) is 30.4 Å². The van der Waals surface area contributed by atoms with Crippen molar-refractivity contribution < 1.29 is 54.2 Å². The normalized spacial score (nSPS) is 11.1. The molecule has 0 heterocycles. The SMILES string of the molecule is CCN=C([S-])N/N=C/c1cc([N+](=O)[O-])ccc1O.CCN=C([S-])N/N=C/c1cc([N+](=O)[O-])ccc1O.[Cu+].[Cu+]. The molecular formula is C20H22Cu2N8O6S2. The summed E-state index contributed by atoms with van der Waals surface area (Å²) in [6, 6.07) is 7.29. The number of aromatic hydroxyl groups is 2. The Morgan fingerprint density at radius 2 is 1.16 bits per heavy atom. The van der Waals surface area contributed by atoms with Gasteiger partial charge in [-0.25, -0.2) is 0 Å². The van der Waals surface area contributed by atoms with Crippen LogP contribution in [0.25, 0.3) is 0 Å². The Hall–Kier alpha value is -3.40. The van der Waals surface area contributed by atoms with Crippen LogP contribution in [0.5, 0.6) is 11.5 Å². The second-order valence-corrected chi connectivity index (χ2v) is 7.07. The minimum Gasteiger partial charge on any atom is -0.741 e. The number of nitrogens with one attached hydrogen (secondary N) is 2. The van der Waals surface area contributed by atoms with Crippen LogP contribution in [0.2, 0.25) is 0 Å². The largest absolute Gasteiger partial charge is 1.00 e. The third kappa shape index (κ3) is 13.8. The van der Waals surface area contributed by atoms with Crippen molar-refractivity contribution in [3.63, 3.8) is 0 Å². The summed E-state index contributed by atoms with van der Waals surface area (Å²) in [4.78, 5) is 27.7. The van der Waals surface area contributed by atoms with Crippen LogP contribution in [0.3, 0.4) is 0 Å². The number of non-ortho nitro benzene ring substituents is 2. The molecule has 212 valence electrons. The fourth-order valence-electron chi connectivity index (χ4n) is 2.19. The summed E-state index contributed by atoms with van der Waals surface area (Å²) < 4.78 is 0. The monoisotopic (exact) mass is 660 g/mol. The number of phenols is 2. The van der Waals surface area contributed by atoms with Crippen molar-refractivity contribution in [2.45, 2.75) is 13.8 Å². The smallest absolute Gasteiger partial charge is 0.741 e. The first-order valence-corrected chi connectivity index (χ1v) is 10.9. The molecule has 0 spiro atoms. The molecule has 0 aliphatic heterocycles. The van der Waals surface area contributed by atoms with Crippen LogP contribution in [-0.4, -0.2) is 55.9 Å². The van der Waals surface area contributed by atoms with Crippen LogP contribution in [0, 0.1) is 20.2 Å². The van der Waals surface area contributed by atoms with E-state index in [1.807, 2.05) is 13.8 Å². The Bertz CT molecular complexity index is 1110. The zero-order valence-corrected chi connectivity index (χ0v) is 23.2. The van der Waals surface area contributed by atoms with Crippen LogP contribution < -0.4 is 10.9 Å². The number of hydrogen-bond donors (Lipinski definition) is 4. The molecule has 0 unspecified atom stereocenters. The number of aliphatic imine (C=N–C) groups is 2. The molecule has 38 heavy (non-hydrogen) atoms. The summed E-state index contributed by atoms with van der Waals surface area (Å²) in [5, 5.41) is 48.0. The molecule has 0 aromatic heterocycles. The second-order valence-electron chi connectivity index (χ2n) is 6.30. The van der Waals surface area contributed by atoms with E-state index in [1.165, 1.54) is 48.8 Å². The zero-order valence-electron chi connectivity index (χ0n) is 19.7. The average Bonchev–Trinajstić information content (AvgIpc) is 2.82. The van der Waals surface area contributed by atoms with Gasteiger partial charge in [0.1, 0.15) is 11.5 Å². The molecule has 2 aromatic rings. The number of rotatable bonds is 8. The maximum absolute atomic E-state index is 10.6. The maximum atomic E-state index is 10.6. The van der Waals surface area contributed by atoms with E-state index in [2.05, 4.69) is 31.0 Å². The number of phenolic OH excluding ortho intramolecular Hbond substituents is 2. The van der Waals surface area contributed by atoms with Crippen LogP contribution >= 0.6 is 0 Å². The molecule has 0 fully saturated rings. The van der Waals surface area contributed by atoms with E-state index < -0.39 is 9.85 Å². The van der Waals surface area contributed by atoms with Gasteiger partial charge in [-0.2, -0.15) is 10.2 Å². The molecule has 0 aliphatic rings. The van der Waals surface area contributed by atoms with E-state index >= 15 is 0 Å². The van der Waals surface area contributed by atoms with E-state index in [-0.39, 0.29) is 78.5 Å². The number of benzene rings is 2. The van der Waals surface area contributed by atoms with Crippen molar-refractivity contribution in [1.82, 2.24) is 10.9 Å². The molecule has 0 bridgehead atoms. The number of nitro benzene ring substituents is 2. The van der Waals surface area contributed by atoms with Crippen molar-refractivity contribution in [2.24, 2.45) is 20.2 Å². The quantitative estimate of drug-likeness (QED) is 0.0813. The predicted molar refractivity (Wildman–Crippen MR) is 142 cm³/mol. The number of amidine groups is 2. The molecule has 4 N–H and O–H groups in total. The molecule has 18 heteroatoms. The van der Waals surface area contributed by atoms with Crippen molar-refractivity contribution >= 4 is 59.4 Å². The maximum Gasteiger partial charge on any atom is 1.00 e. The summed E-state index contributed by atoms with van der Waals surface area (Å²) in [6.45, 7) is 4.71.